The van der Waals surface area contributed by atoms with Crippen molar-refractivity contribution in [1.82, 2.24) is 0 Å². The molecule has 1 aromatic heterocycles. The van der Waals surface area contributed by atoms with E-state index in [-0.39, 0.29) is 10.8 Å². The van der Waals surface area contributed by atoms with Crippen LogP contribution < -0.4 is 9.80 Å². The SMILES string of the molecule is CC(C)(C)c1ccc(N(c2ccc(-c3ccccc3)cc2)c2ccc3c(c2)C2(C4=C(C=CC4)c4ccccc42)c2cc(N(c4ccc(-c5ccccc5)cc4)c4ccc(C(C)(C)C)cc4)c4c(oc5ccccc54)c2-3)cc1. The molecule has 10 aromatic carbocycles. The van der Waals surface area contributed by atoms with Gasteiger partial charge in [0, 0.05) is 39.4 Å². The highest BCUT2D eigenvalue weighted by Gasteiger charge is 2.54. The quantitative estimate of drug-likeness (QED) is 0.151. The Hall–Kier alpha value is -8.92. The minimum atomic E-state index is -0.629. The molecule has 3 nitrogen and oxygen atoms in total. The summed E-state index contributed by atoms with van der Waals surface area (Å²) in [7, 11) is 0. The van der Waals surface area contributed by atoms with Crippen LogP contribution in [0.5, 0.6) is 0 Å². The number of nitrogens with zero attached hydrogens (tertiary/aromatic N) is 2. The zero-order valence-corrected chi connectivity index (χ0v) is 44.6. The Morgan fingerprint density at radius 3 is 1.49 bits per heavy atom. The van der Waals surface area contributed by atoms with Crippen molar-refractivity contribution in [2.24, 2.45) is 0 Å². The fraction of sp³-hybridized carbons (Fsp3) is 0.135. The van der Waals surface area contributed by atoms with Gasteiger partial charge < -0.3 is 14.2 Å². The molecule has 1 spiro atoms. The third-order valence-electron chi connectivity index (χ3n) is 16.7. The predicted octanol–water partition coefficient (Wildman–Crippen LogP) is 20.5. The number of benzene rings is 10. The van der Waals surface area contributed by atoms with Gasteiger partial charge in [0.05, 0.1) is 16.5 Å². The van der Waals surface area contributed by atoms with Gasteiger partial charge in [-0.25, -0.2) is 0 Å². The number of allylic oxidation sites excluding steroid dienone is 4. The van der Waals surface area contributed by atoms with Gasteiger partial charge in [-0.1, -0.05) is 211 Å². The van der Waals surface area contributed by atoms with Crippen LogP contribution in [0, 0.1) is 0 Å². The normalized spacial score (nSPS) is 15.3. The van der Waals surface area contributed by atoms with Crippen LogP contribution in [0.3, 0.4) is 0 Å². The van der Waals surface area contributed by atoms with Gasteiger partial charge in [-0.05, 0) is 162 Å². The standard InChI is InChI=1S/C74H60N2O/c1-72(2,3)52-32-40-55(41-33-52)75(54-36-28-50(29-37-54)48-18-9-7-10-19-48)58-44-45-61-65(46-58)74(63-25-15-13-22-59(63)60-24-17-26-64(60)74)66-47-67(70-62-23-14-16-27-68(62)77-71(70)69(61)66)76(57-42-34-53(35-43-57)73(4,5)6)56-38-30-51(31-39-56)49-20-11-8-12-21-49/h7-25,27-47H,26H2,1-6H3. The maximum absolute atomic E-state index is 7.39. The van der Waals surface area contributed by atoms with Gasteiger partial charge in [-0.15, -0.1) is 0 Å². The molecule has 3 heteroatoms. The third kappa shape index (κ3) is 7.39. The lowest BCUT2D eigenvalue weighted by Crippen LogP contribution is -2.28. The first-order chi connectivity index (χ1) is 37.4. The van der Waals surface area contributed by atoms with Crippen molar-refractivity contribution >= 4 is 61.6 Å². The minimum Gasteiger partial charge on any atom is -0.455 e. The molecule has 0 saturated carbocycles. The number of anilines is 6. The van der Waals surface area contributed by atoms with E-state index in [1.165, 1.54) is 72.3 Å². The van der Waals surface area contributed by atoms with Crippen LogP contribution in [0.2, 0.25) is 0 Å². The van der Waals surface area contributed by atoms with Crippen molar-refractivity contribution in [2.75, 3.05) is 9.80 Å². The molecule has 77 heavy (non-hydrogen) atoms. The second-order valence-electron chi connectivity index (χ2n) is 23.2. The Morgan fingerprint density at radius 2 is 0.909 bits per heavy atom. The average Bonchev–Trinajstić information content (AvgIpc) is 3.59. The lowest BCUT2D eigenvalue weighted by atomic mass is 9.69. The maximum Gasteiger partial charge on any atom is 0.145 e. The molecule has 11 aromatic rings. The van der Waals surface area contributed by atoms with E-state index in [1.807, 2.05) is 0 Å². The van der Waals surface area contributed by atoms with E-state index in [0.29, 0.717) is 0 Å². The van der Waals surface area contributed by atoms with Crippen molar-refractivity contribution in [3.05, 3.63) is 282 Å². The molecular formula is C74H60N2O. The topological polar surface area (TPSA) is 19.6 Å². The fourth-order valence-corrected chi connectivity index (χ4v) is 12.9. The van der Waals surface area contributed by atoms with E-state index in [0.717, 1.165) is 68.0 Å². The lowest BCUT2D eigenvalue weighted by molar-refractivity contribution is 0.590. The zero-order valence-electron chi connectivity index (χ0n) is 44.6. The first-order valence-electron chi connectivity index (χ1n) is 27.2. The second kappa shape index (κ2) is 17.6. The van der Waals surface area contributed by atoms with Gasteiger partial charge in [-0.2, -0.15) is 0 Å². The first kappa shape index (κ1) is 46.6. The molecule has 3 aliphatic rings. The molecule has 1 atom stereocenters. The number of hydrogen-bond acceptors (Lipinski definition) is 3. The summed E-state index contributed by atoms with van der Waals surface area (Å²) in [5, 5.41) is 2.19. The number of hydrogen-bond donors (Lipinski definition) is 0. The van der Waals surface area contributed by atoms with Gasteiger partial charge in [-0.3, -0.25) is 0 Å². The van der Waals surface area contributed by atoms with E-state index < -0.39 is 5.41 Å². The highest BCUT2D eigenvalue weighted by molar-refractivity contribution is 6.20. The molecule has 0 bridgehead atoms. The maximum atomic E-state index is 7.39. The molecule has 0 amide bonds. The summed E-state index contributed by atoms with van der Waals surface area (Å²) in [5.74, 6) is 0. The molecule has 0 saturated heterocycles. The van der Waals surface area contributed by atoms with Crippen LogP contribution in [-0.4, -0.2) is 0 Å². The smallest absolute Gasteiger partial charge is 0.145 e. The van der Waals surface area contributed by atoms with E-state index >= 15 is 0 Å². The Labute approximate surface area is 452 Å². The molecule has 1 unspecified atom stereocenters. The van der Waals surface area contributed by atoms with Crippen molar-refractivity contribution in [3.8, 4) is 33.4 Å². The summed E-state index contributed by atoms with van der Waals surface area (Å²) in [4.78, 5) is 4.94. The summed E-state index contributed by atoms with van der Waals surface area (Å²) in [6.07, 6.45) is 5.59. The van der Waals surface area contributed by atoms with Gasteiger partial charge in [0.15, 0.2) is 0 Å². The van der Waals surface area contributed by atoms with E-state index in [1.54, 1.807) is 0 Å². The van der Waals surface area contributed by atoms with Crippen LogP contribution in [0.15, 0.2) is 253 Å². The summed E-state index contributed by atoms with van der Waals surface area (Å²) in [6.45, 7) is 13.7. The number of furan rings is 1. The van der Waals surface area contributed by atoms with E-state index in [2.05, 4.69) is 294 Å². The average molecular weight is 993 g/mol. The van der Waals surface area contributed by atoms with Crippen LogP contribution >= 0.6 is 0 Å². The lowest BCUT2D eigenvalue weighted by Gasteiger charge is -2.35. The van der Waals surface area contributed by atoms with E-state index in [9.17, 15) is 0 Å². The molecule has 3 aliphatic carbocycles. The number of para-hydroxylation sites is 1. The molecule has 372 valence electrons. The predicted molar refractivity (Wildman–Crippen MR) is 324 cm³/mol. The highest BCUT2D eigenvalue weighted by atomic mass is 16.3. The first-order valence-corrected chi connectivity index (χ1v) is 27.2. The van der Waals surface area contributed by atoms with Gasteiger partial charge in [0.2, 0.25) is 0 Å². The third-order valence-corrected chi connectivity index (χ3v) is 16.7. The van der Waals surface area contributed by atoms with Crippen LogP contribution in [0.25, 0.3) is 60.9 Å². The molecule has 0 fully saturated rings. The van der Waals surface area contributed by atoms with Crippen LogP contribution in [0.4, 0.5) is 34.1 Å². The van der Waals surface area contributed by atoms with Gasteiger partial charge in [0.1, 0.15) is 11.2 Å². The molecule has 0 N–H and O–H groups in total. The van der Waals surface area contributed by atoms with Gasteiger partial charge in [0.25, 0.3) is 0 Å². The summed E-state index contributed by atoms with van der Waals surface area (Å²) in [6, 6.07) is 85.6. The molecule has 0 aliphatic heterocycles. The number of fused-ring (bicyclic) bond motifs is 13. The summed E-state index contributed by atoms with van der Waals surface area (Å²) < 4.78 is 7.39. The number of rotatable bonds is 8. The van der Waals surface area contributed by atoms with Crippen LogP contribution in [0.1, 0.15) is 81.3 Å². The molecular weight excluding hydrogens is 933 g/mol. The monoisotopic (exact) mass is 992 g/mol. The molecule has 0 radical (unpaired) electrons. The largest absolute Gasteiger partial charge is 0.455 e. The minimum absolute atomic E-state index is 0.00696. The molecule has 14 rings (SSSR count). The van der Waals surface area contributed by atoms with Crippen molar-refractivity contribution in [3.63, 3.8) is 0 Å². The van der Waals surface area contributed by atoms with Gasteiger partial charge >= 0.3 is 0 Å². The highest BCUT2D eigenvalue weighted by Crippen LogP contribution is 2.67. The van der Waals surface area contributed by atoms with Crippen molar-refractivity contribution in [1.29, 1.82) is 0 Å². The van der Waals surface area contributed by atoms with E-state index in [4.69, 9.17) is 4.42 Å². The van der Waals surface area contributed by atoms with Crippen molar-refractivity contribution in [2.45, 2.75) is 64.2 Å². The van der Waals surface area contributed by atoms with Crippen LogP contribution in [-0.2, 0) is 16.2 Å². The Morgan fingerprint density at radius 1 is 0.416 bits per heavy atom. The fourth-order valence-electron chi connectivity index (χ4n) is 12.9. The Bertz CT molecular complexity index is 4150. The summed E-state index contributed by atoms with van der Waals surface area (Å²) in [5.41, 5.74) is 25.3. The Balaban J connectivity index is 1.04. The van der Waals surface area contributed by atoms with Crippen molar-refractivity contribution < 1.29 is 4.42 Å². The molecule has 1 heterocycles. The second-order valence-corrected chi connectivity index (χ2v) is 23.2. The Kier molecular flexibility index (Phi) is 10.6. The zero-order chi connectivity index (χ0) is 52.2. The summed E-state index contributed by atoms with van der Waals surface area (Å²) >= 11 is 0.